The first-order valence-corrected chi connectivity index (χ1v) is 8.35. The quantitative estimate of drug-likeness (QED) is 0.569. The van der Waals surface area contributed by atoms with Crippen LogP contribution in [0.25, 0.3) is 0 Å². The molecular weight excluding hydrogens is 318 g/mol. The van der Waals surface area contributed by atoms with Gasteiger partial charge in [0.25, 0.3) is 0 Å². The van der Waals surface area contributed by atoms with Crippen molar-refractivity contribution in [3.8, 4) is 12.3 Å². The van der Waals surface area contributed by atoms with E-state index < -0.39 is 11.6 Å². The van der Waals surface area contributed by atoms with Crippen molar-refractivity contribution in [3.63, 3.8) is 0 Å². The molecule has 1 aliphatic heterocycles. The average Bonchev–Trinajstić information content (AvgIpc) is 3.37. The maximum absolute atomic E-state index is 12.3. The monoisotopic (exact) mass is 341 g/mol. The maximum Gasteiger partial charge on any atom is 0.248 e. The molecule has 0 bridgehead atoms. The highest BCUT2D eigenvalue weighted by Gasteiger charge is 2.39. The first-order valence-electron chi connectivity index (χ1n) is 8.35. The lowest BCUT2D eigenvalue weighted by molar-refractivity contribution is -0.116. The number of nitrogens with two attached hydrogens (primary N) is 1. The topological polar surface area (TPSA) is 109 Å². The minimum Gasteiger partial charge on any atom is -0.383 e. The summed E-state index contributed by atoms with van der Waals surface area (Å²) in [5.41, 5.74) is 6.47. The Kier molecular flexibility index (Phi) is 6.12. The lowest BCUT2D eigenvalue weighted by Crippen LogP contribution is -2.19. The number of carbonyl (C=O) groups excluding carboxylic acids is 2. The summed E-state index contributed by atoms with van der Waals surface area (Å²) in [6.45, 7) is 2.80. The molecule has 1 heterocycles. The molecule has 0 unspecified atom stereocenters. The molecule has 0 saturated carbocycles. The Morgan fingerprint density at radius 2 is 2.04 bits per heavy atom. The van der Waals surface area contributed by atoms with Gasteiger partial charge in [0.1, 0.15) is 0 Å². The van der Waals surface area contributed by atoms with Gasteiger partial charge in [0.15, 0.2) is 5.66 Å². The van der Waals surface area contributed by atoms with E-state index in [1.807, 2.05) is 6.92 Å². The van der Waals surface area contributed by atoms with Crippen molar-refractivity contribution in [2.75, 3.05) is 17.2 Å². The van der Waals surface area contributed by atoms with Crippen molar-refractivity contribution in [1.82, 2.24) is 0 Å². The van der Waals surface area contributed by atoms with Gasteiger partial charge in [-0.3, -0.25) is 9.59 Å². The van der Waals surface area contributed by atoms with Crippen LogP contribution in [0.4, 0.5) is 11.4 Å². The molecule has 4 N–H and O–H groups in total. The average molecular weight is 341 g/mol. The van der Waals surface area contributed by atoms with Gasteiger partial charge in [-0.25, -0.2) is 0 Å². The third-order valence-corrected chi connectivity index (χ3v) is 3.95. The number of primary amides is 1. The number of carbonyl (C=O) groups is 2. The molecule has 1 aromatic rings. The van der Waals surface area contributed by atoms with E-state index in [1.54, 1.807) is 18.2 Å². The number of amides is 2. The van der Waals surface area contributed by atoms with Crippen LogP contribution >= 0.6 is 0 Å². The van der Waals surface area contributed by atoms with E-state index in [0.29, 0.717) is 30.5 Å². The van der Waals surface area contributed by atoms with E-state index >= 15 is 0 Å². The number of nitrogens with zero attached hydrogens (tertiary/aromatic N) is 2. The van der Waals surface area contributed by atoms with Crippen LogP contribution in [0.5, 0.6) is 0 Å². The van der Waals surface area contributed by atoms with Gasteiger partial charge in [-0.2, -0.15) is 10.2 Å². The van der Waals surface area contributed by atoms with Crippen molar-refractivity contribution >= 4 is 23.2 Å². The second-order valence-corrected chi connectivity index (χ2v) is 5.99. The predicted octanol–water partition coefficient (Wildman–Crippen LogP) is 2.90. The molecule has 0 spiro atoms. The van der Waals surface area contributed by atoms with Crippen LogP contribution in [0.2, 0.25) is 0 Å². The molecule has 2 rings (SSSR count). The molecule has 0 aliphatic carbocycles. The number of hydrogen-bond acceptors (Lipinski definition) is 5. The van der Waals surface area contributed by atoms with Gasteiger partial charge in [0.2, 0.25) is 11.8 Å². The molecule has 7 heteroatoms. The van der Waals surface area contributed by atoms with E-state index in [1.165, 1.54) is 0 Å². The Hall–Kier alpha value is -2.88. The fourth-order valence-corrected chi connectivity index (χ4v) is 2.41. The van der Waals surface area contributed by atoms with Crippen molar-refractivity contribution in [1.29, 1.82) is 0 Å². The molecule has 1 aliphatic rings. The third kappa shape index (κ3) is 5.31. The lowest BCUT2D eigenvalue weighted by atomic mass is 10.0. The van der Waals surface area contributed by atoms with Crippen LogP contribution in [-0.2, 0) is 4.79 Å². The molecule has 0 saturated heterocycles. The normalized spacial score (nSPS) is 13.8. The Morgan fingerprint density at radius 1 is 1.28 bits per heavy atom. The number of rotatable bonds is 10. The van der Waals surface area contributed by atoms with Gasteiger partial charge >= 0.3 is 0 Å². The fraction of sp³-hybridized carbons (Fsp3) is 0.444. The predicted molar refractivity (Wildman–Crippen MR) is 97.3 cm³/mol. The lowest BCUT2D eigenvalue weighted by Gasteiger charge is -2.14. The molecule has 0 atom stereocenters. The summed E-state index contributed by atoms with van der Waals surface area (Å²) >= 11 is 0. The third-order valence-electron chi connectivity index (χ3n) is 3.95. The van der Waals surface area contributed by atoms with Crippen LogP contribution in [-0.4, -0.2) is 24.0 Å². The second-order valence-electron chi connectivity index (χ2n) is 5.99. The van der Waals surface area contributed by atoms with E-state index in [-0.39, 0.29) is 12.3 Å². The van der Waals surface area contributed by atoms with Crippen molar-refractivity contribution < 1.29 is 9.59 Å². The maximum atomic E-state index is 12.3. The standard InChI is InChI=1S/C18H23N5O2/c1-3-5-9-18(22-23-18)10-8-16(24)21-15-12-13(17(19)25)6-7-14(15)20-11-4-2/h1,6-7,12,20H,4-5,8-11H2,2H3,(H2,19,25)(H,21,24). The summed E-state index contributed by atoms with van der Waals surface area (Å²) in [5.74, 6) is 1.85. The summed E-state index contributed by atoms with van der Waals surface area (Å²) in [6.07, 6.45) is 8.23. The van der Waals surface area contributed by atoms with Gasteiger partial charge < -0.3 is 16.4 Å². The molecule has 0 fully saturated rings. The zero-order valence-electron chi connectivity index (χ0n) is 14.3. The fourth-order valence-electron chi connectivity index (χ4n) is 2.41. The zero-order chi connectivity index (χ0) is 18.3. The van der Waals surface area contributed by atoms with Crippen LogP contribution in [0.1, 0.15) is 49.4 Å². The van der Waals surface area contributed by atoms with Gasteiger partial charge in [0, 0.05) is 37.8 Å². The van der Waals surface area contributed by atoms with Gasteiger partial charge in [-0.15, -0.1) is 12.3 Å². The van der Waals surface area contributed by atoms with E-state index in [9.17, 15) is 9.59 Å². The highest BCUT2D eigenvalue weighted by Crippen LogP contribution is 2.37. The van der Waals surface area contributed by atoms with Crippen LogP contribution < -0.4 is 16.4 Å². The highest BCUT2D eigenvalue weighted by atomic mass is 16.2. The molecule has 7 nitrogen and oxygen atoms in total. The zero-order valence-corrected chi connectivity index (χ0v) is 14.3. The Morgan fingerprint density at radius 3 is 2.64 bits per heavy atom. The SMILES string of the molecule is C#CCCC1(CCC(=O)Nc2cc(C(N)=O)ccc2NCCC)N=N1. The van der Waals surface area contributed by atoms with E-state index in [2.05, 4.69) is 26.8 Å². The summed E-state index contributed by atoms with van der Waals surface area (Å²) in [7, 11) is 0. The largest absolute Gasteiger partial charge is 0.383 e. The number of benzene rings is 1. The summed E-state index contributed by atoms with van der Waals surface area (Å²) < 4.78 is 0. The Labute approximate surface area is 147 Å². The smallest absolute Gasteiger partial charge is 0.248 e. The molecule has 25 heavy (non-hydrogen) atoms. The summed E-state index contributed by atoms with van der Waals surface area (Å²) in [6, 6.07) is 4.95. The Bertz CT molecular complexity index is 715. The Balaban J connectivity index is 1.99. The van der Waals surface area contributed by atoms with E-state index in [4.69, 9.17) is 12.2 Å². The van der Waals surface area contributed by atoms with Gasteiger partial charge in [0.05, 0.1) is 11.4 Å². The van der Waals surface area contributed by atoms with Crippen LogP contribution in [0.3, 0.4) is 0 Å². The van der Waals surface area contributed by atoms with Crippen molar-refractivity contribution in [2.24, 2.45) is 16.0 Å². The molecule has 0 radical (unpaired) electrons. The molecule has 0 aromatic heterocycles. The molecular formula is C18H23N5O2. The van der Waals surface area contributed by atoms with Crippen LogP contribution in [0, 0.1) is 12.3 Å². The molecule has 1 aromatic carbocycles. The first-order chi connectivity index (χ1) is 12.0. The number of anilines is 2. The van der Waals surface area contributed by atoms with Crippen LogP contribution in [0.15, 0.2) is 28.4 Å². The minimum atomic E-state index is -0.540. The number of terminal acetylenes is 1. The number of hydrogen-bond donors (Lipinski definition) is 3. The first kappa shape index (κ1) is 18.5. The number of nitrogens with one attached hydrogen (secondary N) is 2. The summed E-state index contributed by atoms with van der Waals surface area (Å²) in [4.78, 5) is 23.7. The second kappa shape index (κ2) is 8.29. The van der Waals surface area contributed by atoms with Gasteiger partial charge in [-0.1, -0.05) is 6.92 Å². The van der Waals surface area contributed by atoms with Gasteiger partial charge in [-0.05, 0) is 24.6 Å². The minimum absolute atomic E-state index is 0.168. The van der Waals surface area contributed by atoms with E-state index in [0.717, 1.165) is 18.7 Å². The molecule has 2 amide bonds. The molecule has 132 valence electrons. The van der Waals surface area contributed by atoms with Crippen molar-refractivity contribution in [2.45, 2.75) is 44.7 Å². The highest BCUT2D eigenvalue weighted by molar-refractivity contribution is 5.99. The van der Waals surface area contributed by atoms with Crippen molar-refractivity contribution in [3.05, 3.63) is 23.8 Å². The summed E-state index contributed by atoms with van der Waals surface area (Å²) in [5, 5.41) is 14.1.